The molecule has 0 unspecified atom stereocenters. The van der Waals surface area contributed by atoms with Gasteiger partial charge in [-0.05, 0) is 62.2 Å². The SMILES string of the molecule is O=C(c1ccc(Br)c(F)c1)c1ccc(Br)c(Cl)c1F. The van der Waals surface area contributed by atoms with Crippen molar-refractivity contribution in [2.75, 3.05) is 0 Å². The van der Waals surface area contributed by atoms with Gasteiger partial charge in [-0.2, -0.15) is 0 Å². The van der Waals surface area contributed by atoms with Crippen molar-refractivity contribution < 1.29 is 13.6 Å². The summed E-state index contributed by atoms with van der Waals surface area (Å²) in [6.07, 6.45) is 0. The smallest absolute Gasteiger partial charge is 0.196 e. The molecule has 0 amide bonds. The number of benzene rings is 2. The largest absolute Gasteiger partial charge is 0.288 e. The number of hydrogen-bond acceptors (Lipinski definition) is 1. The van der Waals surface area contributed by atoms with Crippen molar-refractivity contribution in [2.45, 2.75) is 0 Å². The van der Waals surface area contributed by atoms with Crippen LogP contribution in [0.4, 0.5) is 8.78 Å². The molecule has 19 heavy (non-hydrogen) atoms. The van der Waals surface area contributed by atoms with Gasteiger partial charge in [-0.15, -0.1) is 0 Å². The normalized spacial score (nSPS) is 10.6. The van der Waals surface area contributed by atoms with Crippen LogP contribution in [0.25, 0.3) is 0 Å². The number of carbonyl (C=O) groups is 1. The Kier molecular flexibility index (Phi) is 4.38. The summed E-state index contributed by atoms with van der Waals surface area (Å²) in [4.78, 5) is 12.1. The quantitative estimate of drug-likeness (QED) is 0.480. The second-order valence-corrected chi connectivity index (χ2v) is 5.77. The minimum Gasteiger partial charge on any atom is -0.288 e. The maximum atomic E-state index is 13.9. The zero-order chi connectivity index (χ0) is 14.2. The number of ketones is 1. The average molecular weight is 410 g/mol. The Morgan fingerprint density at radius 2 is 1.68 bits per heavy atom. The van der Waals surface area contributed by atoms with Crippen LogP contribution in [0.5, 0.6) is 0 Å². The van der Waals surface area contributed by atoms with Crippen molar-refractivity contribution in [2.24, 2.45) is 0 Å². The van der Waals surface area contributed by atoms with Gasteiger partial charge in [0.15, 0.2) is 11.6 Å². The van der Waals surface area contributed by atoms with E-state index in [4.69, 9.17) is 11.6 Å². The highest BCUT2D eigenvalue weighted by Gasteiger charge is 2.18. The molecule has 0 aliphatic rings. The monoisotopic (exact) mass is 408 g/mol. The van der Waals surface area contributed by atoms with Crippen molar-refractivity contribution in [1.82, 2.24) is 0 Å². The number of carbonyl (C=O) groups excluding carboxylic acids is 1. The molecule has 0 saturated heterocycles. The molecule has 98 valence electrons. The van der Waals surface area contributed by atoms with Crippen molar-refractivity contribution in [3.63, 3.8) is 0 Å². The van der Waals surface area contributed by atoms with Crippen LogP contribution < -0.4 is 0 Å². The van der Waals surface area contributed by atoms with Crippen LogP contribution in [0.1, 0.15) is 15.9 Å². The van der Waals surface area contributed by atoms with Crippen LogP contribution >= 0.6 is 43.5 Å². The predicted molar refractivity (Wildman–Crippen MR) is 76.6 cm³/mol. The highest BCUT2D eigenvalue weighted by atomic mass is 79.9. The van der Waals surface area contributed by atoms with E-state index in [1.54, 1.807) is 0 Å². The van der Waals surface area contributed by atoms with Crippen LogP contribution in [0.15, 0.2) is 39.3 Å². The Hall–Kier alpha value is -0.780. The van der Waals surface area contributed by atoms with Crippen LogP contribution in [0.3, 0.4) is 0 Å². The van der Waals surface area contributed by atoms with E-state index in [0.717, 1.165) is 6.07 Å². The summed E-state index contributed by atoms with van der Waals surface area (Å²) in [5.74, 6) is -2.04. The first-order valence-corrected chi connectivity index (χ1v) is 7.01. The first kappa shape index (κ1) is 14.6. The molecule has 0 spiro atoms. The predicted octanol–water partition coefficient (Wildman–Crippen LogP) is 5.37. The number of halogens is 5. The lowest BCUT2D eigenvalue weighted by atomic mass is 10.0. The molecule has 0 heterocycles. The van der Waals surface area contributed by atoms with Gasteiger partial charge in [0.1, 0.15) is 5.82 Å². The molecule has 0 saturated carbocycles. The molecular formula is C13H5Br2ClF2O. The van der Waals surface area contributed by atoms with Crippen LogP contribution in [0, 0.1) is 11.6 Å². The Balaban J connectivity index is 2.50. The van der Waals surface area contributed by atoms with Crippen molar-refractivity contribution in [3.05, 3.63) is 67.1 Å². The maximum Gasteiger partial charge on any atom is 0.196 e. The molecule has 0 bridgehead atoms. The summed E-state index contributed by atoms with van der Waals surface area (Å²) in [6, 6.07) is 6.61. The maximum absolute atomic E-state index is 13.9. The van der Waals surface area contributed by atoms with Gasteiger partial charge in [-0.3, -0.25) is 4.79 Å². The fourth-order valence-electron chi connectivity index (χ4n) is 1.49. The fourth-order valence-corrected chi connectivity index (χ4v) is 2.21. The molecule has 2 rings (SSSR count). The van der Waals surface area contributed by atoms with Gasteiger partial charge in [-0.1, -0.05) is 11.6 Å². The van der Waals surface area contributed by atoms with E-state index in [1.165, 1.54) is 24.3 Å². The minimum atomic E-state index is -0.829. The van der Waals surface area contributed by atoms with Crippen molar-refractivity contribution >= 4 is 49.2 Å². The summed E-state index contributed by atoms with van der Waals surface area (Å²) < 4.78 is 27.9. The van der Waals surface area contributed by atoms with Gasteiger partial charge in [0.25, 0.3) is 0 Å². The van der Waals surface area contributed by atoms with Crippen LogP contribution in [-0.2, 0) is 0 Å². The highest BCUT2D eigenvalue weighted by Crippen LogP contribution is 2.29. The summed E-state index contributed by atoms with van der Waals surface area (Å²) in [6.45, 7) is 0. The molecule has 0 fully saturated rings. The second kappa shape index (κ2) is 5.69. The molecule has 2 aromatic rings. The average Bonchev–Trinajstić information content (AvgIpc) is 2.39. The van der Waals surface area contributed by atoms with Crippen LogP contribution in [0.2, 0.25) is 5.02 Å². The zero-order valence-electron chi connectivity index (χ0n) is 9.18. The van der Waals surface area contributed by atoms with E-state index in [0.29, 0.717) is 4.47 Å². The van der Waals surface area contributed by atoms with E-state index in [-0.39, 0.29) is 20.6 Å². The van der Waals surface area contributed by atoms with Crippen LogP contribution in [-0.4, -0.2) is 5.78 Å². The lowest BCUT2D eigenvalue weighted by molar-refractivity contribution is 0.103. The molecule has 0 aliphatic heterocycles. The molecule has 0 atom stereocenters. The first-order valence-electron chi connectivity index (χ1n) is 5.05. The van der Waals surface area contributed by atoms with E-state index < -0.39 is 17.4 Å². The summed E-state index contributed by atoms with van der Waals surface area (Å²) >= 11 is 11.8. The molecule has 0 aromatic heterocycles. The van der Waals surface area contributed by atoms with Gasteiger partial charge in [0, 0.05) is 10.0 Å². The molecule has 2 aromatic carbocycles. The third kappa shape index (κ3) is 2.88. The molecular weight excluding hydrogens is 405 g/mol. The molecule has 6 heteroatoms. The Bertz CT molecular complexity index is 674. The number of hydrogen-bond donors (Lipinski definition) is 0. The lowest BCUT2D eigenvalue weighted by Gasteiger charge is -2.06. The second-order valence-electron chi connectivity index (χ2n) is 3.68. The molecule has 1 nitrogen and oxygen atoms in total. The van der Waals surface area contributed by atoms with Gasteiger partial charge in [-0.25, -0.2) is 8.78 Å². The number of rotatable bonds is 2. The fraction of sp³-hybridized carbons (Fsp3) is 0. The molecule has 0 aliphatic carbocycles. The Morgan fingerprint density at radius 1 is 1.05 bits per heavy atom. The van der Waals surface area contributed by atoms with Gasteiger partial charge in [0.05, 0.1) is 15.1 Å². The molecule has 0 radical (unpaired) electrons. The third-order valence-electron chi connectivity index (χ3n) is 2.46. The Morgan fingerprint density at radius 3 is 2.32 bits per heavy atom. The lowest BCUT2D eigenvalue weighted by Crippen LogP contribution is -2.05. The Labute approximate surface area is 129 Å². The molecule has 0 N–H and O–H groups in total. The topological polar surface area (TPSA) is 17.1 Å². The van der Waals surface area contributed by atoms with Gasteiger partial charge in [0.2, 0.25) is 0 Å². The first-order chi connectivity index (χ1) is 8.91. The van der Waals surface area contributed by atoms with Gasteiger partial charge < -0.3 is 0 Å². The van der Waals surface area contributed by atoms with E-state index in [1.807, 2.05) is 0 Å². The standard InChI is InChI=1S/C13H5Br2ClF2O/c14-8-3-1-6(5-10(8)17)13(19)7-2-4-9(15)11(16)12(7)18/h1-5H. The summed E-state index contributed by atoms with van der Waals surface area (Å²) in [7, 11) is 0. The van der Waals surface area contributed by atoms with E-state index in [9.17, 15) is 13.6 Å². The van der Waals surface area contributed by atoms with E-state index in [2.05, 4.69) is 31.9 Å². The van der Waals surface area contributed by atoms with Crippen molar-refractivity contribution in [1.29, 1.82) is 0 Å². The zero-order valence-corrected chi connectivity index (χ0v) is 13.1. The third-order valence-corrected chi connectivity index (χ3v) is 4.36. The van der Waals surface area contributed by atoms with E-state index >= 15 is 0 Å². The van der Waals surface area contributed by atoms with Crippen molar-refractivity contribution in [3.8, 4) is 0 Å². The summed E-state index contributed by atoms with van der Waals surface area (Å²) in [5.41, 5.74) is -0.145. The summed E-state index contributed by atoms with van der Waals surface area (Å²) in [5, 5.41) is -0.177. The minimum absolute atomic E-state index is 0.0537. The highest BCUT2D eigenvalue weighted by molar-refractivity contribution is 9.10. The van der Waals surface area contributed by atoms with Gasteiger partial charge >= 0.3 is 0 Å².